The fourth-order valence-corrected chi connectivity index (χ4v) is 3.21. The summed E-state index contributed by atoms with van der Waals surface area (Å²) in [7, 11) is 0. The Bertz CT molecular complexity index is 203. The molecule has 0 bridgehead atoms. The molecule has 0 aromatic rings. The molecule has 15 heavy (non-hydrogen) atoms. The third-order valence-corrected chi connectivity index (χ3v) is 4.48. The Morgan fingerprint density at radius 3 is 2.60 bits per heavy atom. The van der Waals surface area contributed by atoms with Gasteiger partial charge in [-0.1, -0.05) is 6.92 Å². The third-order valence-electron chi connectivity index (χ3n) is 3.06. The van der Waals surface area contributed by atoms with Gasteiger partial charge in [0.25, 0.3) is 0 Å². The molecule has 0 spiro atoms. The quantitative estimate of drug-likeness (QED) is 0.760. The summed E-state index contributed by atoms with van der Waals surface area (Å²) in [5, 5.41) is 9.36. The first kappa shape index (κ1) is 12.8. The lowest BCUT2D eigenvalue weighted by Crippen LogP contribution is -2.30. The predicted molar refractivity (Wildman–Crippen MR) is 64.1 cm³/mol. The van der Waals surface area contributed by atoms with E-state index in [0.717, 1.165) is 16.9 Å². The zero-order valence-corrected chi connectivity index (χ0v) is 10.1. The van der Waals surface area contributed by atoms with E-state index in [0.29, 0.717) is 6.42 Å². The molecule has 1 saturated carbocycles. The maximum Gasteiger partial charge on any atom is 0.320 e. The van der Waals surface area contributed by atoms with Gasteiger partial charge in [-0.3, -0.25) is 4.79 Å². The minimum absolute atomic E-state index is 0.589. The smallest absolute Gasteiger partial charge is 0.320 e. The molecule has 0 radical (unpaired) electrons. The van der Waals surface area contributed by atoms with Crippen LogP contribution in [0, 0.1) is 5.92 Å². The largest absolute Gasteiger partial charge is 0.480 e. The van der Waals surface area contributed by atoms with Crippen LogP contribution in [0.3, 0.4) is 0 Å². The Morgan fingerprint density at radius 1 is 1.47 bits per heavy atom. The standard InChI is InChI=1S/C11H21NO2S/c1-8-2-4-9(5-3-8)15-7-6-10(12)11(13)14/h8-10H,2-7,12H2,1H3,(H,13,14). The van der Waals surface area contributed by atoms with Crippen LogP contribution in [0.25, 0.3) is 0 Å². The molecule has 0 heterocycles. The van der Waals surface area contributed by atoms with Crippen LogP contribution in [0.5, 0.6) is 0 Å². The van der Waals surface area contributed by atoms with Crippen molar-refractivity contribution in [2.75, 3.05) is 5.75 Å². The molecule has 4 heteroatoms. The van der Waals surface area contributed by atoms with Crippen LogP contribution in [-0.4, -0.2) is 28.1 Å². The van der Waals surface area contributed by atoms with Crippen LogP contribution in [0.4, 0.5) is 0 Å². The van der Waals surface area contributed by atoms with Gasteiger partial charge >= 0.3 is 5.97 Å². The lowest BCUT2D eigenvalue weighted by atomic mass is 9.91. The highest BCUT2D eigenvalue weighted by atomic mass is 32.2. The Kier molecular flexibility index (Phi) is 5.47. The van der Waals surface area contributed by atoms with Crippen LogP contribution in [0.2, 0.25) is 0 Å². The molecule has 1 rings (SSSR count). The van der Waals surface area contributed by atoms with Crippen LogP contribution in [-0.2, 0) is 4.79 Å². The highest BCUT2D eigenvalue weighted by Gasteiger charge is 2.19. The van der Waals surface area contributed by atoms with E-state index in [2.05, 4.69) is 6.92 Å². The van der Waals surface area contributed by atoms with Gasteiger partial charge in [0, 0.05) is 5.25 Å². The van der Waals surface area contributed by atoms with Crippen molar-refractivity contribution in [3.05, 3.63) is 0 Å². The van der Waals surface area contributed by atoms with E-state index in [-0.39, 0.29) is 0 Å². The second-order valence-corrected chi connectivity index (χ2v) is 5.89. The van der Waals surface area contributed by atoms with Gasteiger partial charge in [0.15, 0.2) is 0 Å². The summed E-state index contributed by atoms with van der Waals surface area (Å²) in [5.74, 6) is 0.878. The number of nitrogens with two attached hydrogens (primary N) is 1. The number of hydrogen-bond acceptors (Lipinski definition) is 3. The van der Waals surface area contributed by atoms with E-state index in [9.17, 15) is 4.79 Å². The molecule has 0 amide bonds. The zero-order valence-electron chi connectivity index (χ0n) is 9.32. The van der Waals surface area contributed by atoms with Crippen molar-refractivity contribution in [1.82, 2.24) is 0 Å². The summed E-state index contributed by atoms with van der Waals surface area (Å²) in [6, 6.07) is -0.681. The van der Waals surface area contributed by atoms with Gasteiger partial charge in [-0.2, -0.15) is 11.8 Å². The molecule has 1 aliphatic carbocycles. The van der Waals surface area contributed by atoms with Crippen molar-refractivity contribution in [2.24, 2.45) is 11.7 Å². The fraction of sp³-hybridized carbons (Fsp3) is 0.909. The first-order valence-corrected chi connectivity index (χ1v) is 6.74. The molecule has 3 N–H and O–H groups in total. The summed E-state index contributed by atoms with van der Waals surface area (Å²) in [4.78, 5) is 10.5. The first-order chi connectivity index (χ1) is 7.09. The Balaban J connectivity index is 2.07. The van der Waals surface area contributed by atoms with Crippen LogP contribution >= 0.6 is 11.8 Å². The normalized spacial score (nSPS) is 28.7. The number of carboxylic acid groups (broad SMARTS) is 1. The van der Waals surface area contributed by atoms with Crippen molar-refractivity contribution in [3.63, 3.8) is 0 Å². The topological polar surface area (TPSA) is 63.3 Å². The minimum Gasteiger partial charge on any atom is -0.480 e. The molecule has 1 unspecified atom stereocenters. The number of carboxylic acids is 1. The molecule has 1 aliphatic rings. The monoisotopic (exact) mass is 231 g/mol. The molecular formula is C11H21NO2S. The Labute approximate surface area is 95.8 Å². The van der Waals surface area contributed by atoms with E-state index < -0.39 is 12.0 Å². The van der Waals surface area contributed by atoms with Gasteiger partial charge in [0.2, 0.25) is 0 Å². The molecule has 1 atom stereocenters. The van der Waals surface area contributed by atoms with Gasteiger partial charge in [-0.25, -0.2) is 0 Å². The molecule has 0 aromatic carbocycles. The molecule has 0 aromatic heterocycles. The third kappa shape index (κ3) is 4.89. The lowest BCUT2D eigenvalue weighted by molar-refractivity contribution is -0.138. The fourth-order valence-electron chi connectivity index (χ4n) is 1.88. The number of hydrogen-bond donors (Lipinski definition) is 2. The summed E-state index contributed by atoms with van der Waals surface area (Å²) in [6.07, 6.45) is 5.81. The van der Waals surface area contributed by atoms with E-state index in [1.54, 1.807) is 0 Å². The number of rotatable bonds is 5. The van der Waals surface area contributed by atoms with Crippen molar-refractivity contribution >= 4 is 17.7 Å². The molecular weight excluding hydrogens is 210 g/mol. The van der Waals surface area contributed by atoms with Crippen LogP contribution in [0.1, 0.15) is 39.0 Å². The van der Waals surface area contributed by atoms with Crippen molar-refractivity contribution < 1.29 is 9.90 Å². The second-order valence-electron chi connectivity index (χ2n) is 4.49. The molecule has 88 valence electrons. The summed E-state index contributed by atoms with van der Waals surface area (Å²) in [6.45, 7) is 2.31. The van der Waals surface area contributed by atoms with E-state index in [1.165, 1.54) is 25.7 Å². The van der Waals surface area contributed by atoms with Crippen LogP contribution < -0.4 is 5.73 Å². The molecule has 3 nitrogen and oxygen atoms in total. The van der Waals surface area contributed by atoms with Gasteiger partial charge in [-0.15, -0.1) is 0 Å². The van der Waals surface area contributed by atoms with E-state index in [1.807, 2.05) is 11.8 Å². The van der Waals surface area contributed by atoms with Crippen molar-refractivity contribution in [2.45, 2.75) is 50.3 Å². The Morgan fingerprint density at radius 2 is 2.07 bits per heavy atom. The van der Waals surface area contributed by atoms with Gasteiger partial charge in [-0.05, 0) is 43.8 Å². The second kappa shape index (κ2) is 6.38. The van der Waals surface area contributed by atoms with E-state index in [4.69, 9.17) is 10.8 Å². The van der Waals surface area contributed by atoms with Gasteiger partial charge in [0.05, 0.1) is 0 Å². The highest BCUT2D eigenvalue weighted by molar-refractivity contribution is 7.99. The summed E-state index contributed by atoms with van der Waals surface area (Å²) in [5.41, 5.74) is 5.44. The molecule has 1 fully saturated rings. The predicted octanol–water partition coefficient (Wildman–Crippen LogP) is 2.10. The SMILES string of the molecule is CC1CCC(SCCC(N)C(=O)O)CC1. The minimum atomic E-state index is -0.882. The number of aliphatic carboxylic acids is 1. The van der Waals surface area contributed by atoms with Crippen LogP contribution in [0.15, 0.2) is 0 Å². The Hall–Kier alpha value is -0.220. The maximum atomic E-state index is 10.5. The number of thioether (sulfide) groups is 1. The highest BCUT2D eigenvalue weighted by Crippen LogP contribution is 2.31. The summed E-state index contributed by atoms with van der Waals surface area (Å²) >= 11 is 1.90. The average Bonchev–Trinajstić information content (AvgIpc) is 2.20. The maximum absolute atomic E-state index is 10.5. The summed E-state index contributed by atoms with van der Waals surface area (Å²) < 4.78 is 0. The van der Waals surface area contributed by atoms with Gasteiger partial charge < -0.3 is 10.8 Å². The average molecular weight is 231 g/mol. The zero-order chi connectivity index (χ0) is 11.3. The number of carbonyl (C=O) groups is 1. The van der Waals surface area contributed by atoms with Crippen molar-refractivity contribution in [3.8, 4) is 0 Å². The van der Waals surface area contributed by atoms with Gasteiger partial charge in [0.1, 0.15) is 6.04 Å². The molecule has 0 aliphatic heterocycles. The van der Waals surface area contributed by atoms with Crippen molar-refractivity contribution in [1.29, 1.82) is 0 Å². The molecule has 0 saturated heterocycles. The lowest BCUT2D eigenvalue weighted by Gasteiger charge is -2.25. The van der Waals surface area contributed by atoms with E-state index >= 15 is 0 Å². The first-order valence-electron chi connectivity index (χ1n) is 5.69.